The van der Waals surface area contributed by atoms with Gasteiger partial charge in [0, 0.05) is 24.0 Å². The summed E-state index contributed by atoms with van der Waals surface area (Å²) in [5, 5.41) is 8.07. The third-order valence-electron chi connectivity index (χ3n) is 6.96. The van der Waals surface area contributed by atoms with Crippen LogP contribution in [0.4, 0.5) is 5.69 Å². The molecule has 1 spiro atoms. The Hall–Kier alpha value is -2.93. The highest BCUT2D eigenvalue weighted by molar-refractivity contribution is 6.34. The van der Waals surface area contributed by atoms with Crippen molar-refractivity contribution in [2.75, 3.05) is 11.4 Å². The van der Waals surface area contributed by atoms with Crippen LogP contribution in [0.15, 0.2) is 36.5 Å². The number of carbonyl (C=O) groups is 2. The summed E-state index contributed by atoms with van der Waals surface area (Å²) in [7, 11) is 0. The van der Waals surface area contributed by atoms with Crippen molar-refractivity contribution in [2.24, 2.45) is 5.41 Å². The summed E-state index contributed by atoms with van der Waals surface area (Å²) in [6.45, 7) is 4.54. The molecule has 1 N–H and O–H groups in total. The van der Waals surface area contributed by atoms with E-state index in [4.69, 9.17) is 11.6 Å². The molecule has 8 heteroatoms. The molecule has 1 saturated heterocycles. The van der Waals surface area contributed by atoms with Gasteiger partial charge < -0.3 is 10.2 Å². The number of amides is 2. The zero-order valence-corrected chi connectivity index (χ0v) is 19.0. The van der Waals surface area contributed by atoms with Gasteiger partial charge in [-0.2, -0.15) is 5.10 Å². The number of para-hydroxylation sites is 1. The third kappa shape index (κ3) is 3.45. The van der Waals surface area contributed by atoms with E-state index in [2.05, 4.69) is 15.4 Å². The van der Waals surface area contributed by atoms with Gasteiger partial charge in [0.25, 0.3) is 5.91 Å². The molecule has 2 amide bonds. The average Bonchev–Trinajstić information content (AvgIpc) is 3.33. The molecule has 2 aromatic heterocycles. The van der Waals surface area contributed by atoms with Gasteiger partial charge in [0.15, 0.2) is 5.65 Å². The fraction of sp³-hybridized carbons (Fsp3) is 0.417. The van der Waals surface area contributed by atoms with E-state index in [9.17, 15) is 9.59 Å². The summed E-state index contributed by atoms with van der Waals surface area (Å²) in [6.07, 6.45) is 5.49. The van der Waals surface area contributed by atoms with Crippen LogP contribution in [0.3, 0.4) is 0 Å². The van der Waals surface area contributed by atoms with Crippen LogP contribution in [0.5, 0.6) is 0 Å². The van der Waals surface area contributed by atoms with Gasteiger partial charge in [-0.05, 0) is 64.2 Å². The summed E-state index contributed by atoms with van der Waals surface area (Å²) in [6, 6.07) is 9.48. The fourth-order valence-electron chi connectivity index (χ4n) is 5.19. The summed E-state index contributed by atoms with van der Waals surface area (Å²) in [5.74, 6) is 0.00190. The lowest BCUT2D eigenvalue weighted by Gasteiger charge is -2.36. The largest absolute Gasteiger partial charge is 0.349 e. The molecular weight excluding hydrogens is 426 g/mol. The van der Waals surface area contributed by atoms with Crippen LogP contribution in [0.25, 0.3) is 5.65 Å². The first-order chi connectivity index (χ1) is 15.4. The van der Waals surface area contributed by atoms with Crippen LogP contribution in [0.2, 0.25) is 5.02 Å². The maximum atomic E-state index is 13.3. The second-order valence-electron chi connectivity index (χ2n) is 9.02. The lowest BCUT2D eigenvalue weighted by Crippen LogP contribution is -2.43. The summed E-state index contributed by atoms with van der Waals surface area (Å²) >= 11 is 6.33. The Morgan fingerprint density at radius 2 is 1.94 bits per heavy atom. The molecule has 5 rings (SSSR count). The van der Waals surface area contributed by atoms with Crippen LogP contribution in [0, 0.1) is 19.3 Å². The average molecular weight is 452 g/mol. The molecule has 0 radical (unpaired) electrons. The molecule has 0 unspecified atom stereocenters. The van der Waals surface area contributed by atoms with Crippen LogP contribution in [-0.2, 0) is 4.79 Å². The van der Waals surface area contributed by atoms with Crippen molar-refractivity contribution in [2.45, 2.75) is 52.0 Å². The number of halogens is 1. The second kappa shape index (κ2) is 7.89. The SMILES string of the molecule is Cc1cc(C)n2ncc(C(=O)N[C@H]3CC[C@@]4(CCN(c5ccccc5Cl)C4=O)CC3)c2n1. The number of rotatable bonds is 3. The maximum Gasteiger partial charge on any atom is 0.256 e. The monoisotopic (exact) mass is 451 g/mol. The fourth-order valence-corrected chi connectivity index (χ4v) is 5.43. The number of anilines is 1. The first kappa shape index (κ1) is 20.9. The van der Waals surface area contributed by atoms with Crippen molar-refractivity contribution in [3.05, 3.63) is 58.5 Å². The molecule has 0 bridgehead atoms. The number of aromatic nitrogens is 3. The van der Waals surface area contributed by atoms with Gasteiger partial charge in [0.1, 0.15) is 5.56 Å². The minimum absolute atomic E-state index is 0.0381. The Kier molecular flexibility index (Phi) is 5.16. The van der Waals surface area contributed by atoms with Crippen molar-refractivity contribution in [1.29, 1.82) is 0 Å². The summed E-state index contributed by atoms with van der Waals surface area (Å²) in [4.78, 5) is 32.6. The van der Waals surface area contributed by atoms with E-state index < -0.39 is 0 Å². The number of nitrogens with one attached hydrogen (secondary N) is 1. The van der Waals surface area contributed by atoms with E-state index >= 15 is 0 Å². The number of hydrogen-bond donors (Lipinski definition) is 1. The van der Waals surface area contributed by atoms with Gasteiger partial charge in [0.2, 0.25) is 5.91 Å². The molecule has 1 aromatic carbocycles. The predicted octanol–water partition coefficient (Wildman–Crippen LogP) is 4.10. The number of hydrogen-bond acceptors (Lipinski definition) is 4. The second-order valence-corrected chi connectivity index (χ2v) is 9.43. The van der Waals surface area contributed by atoms with E-state index in [0.717, 1.165) is 49.2 Å². The molecule has 3 aromatic rings. The highest BCUT2D eigenvalue weighted by Crippen LogP contribution is 2.47. The van der Waals surface area contributed by atoms with Gasteiger partial charge in [-0.3, -0.25) is 9.59 Å². The number of fused-ring (bicyclic) bond motifs is 1. The minimum atomic E-state index is -0.347. The topological polar surface area (TPSA) is 79.6 Å². The standard InChI is InChI=1S/C24H26ClN5O2/c1-15-13-16(2)30-21(27-15)18(14-26-30)22(31)28-17-7-9-24(10-8-17)11-12-29(23(24)32)20-6-4-3-5-19(20)25/h3-6,13-14,17H,7-12H2,1-2H3,(H,28,31)/t17-,24-. The molecule has 7 nitrogen and oxygen atoms in total. The van der Waals surface area contributed by atoms with Gasteiger partial charge >= 0.3 is 0 Å². The first-order valence-corrected chi connectivity index (χ1v) is 11.5. The van der Waals surface area contributed by atoms with Crippen LogP contribution in [-0.4, -0.2) is 39.0 Å². The van der Waals surface area contributed by atoms with E-state index in [1.807, 2.05) is 49.1 Å². The third-order valence-corrected chi connectivity index (χ3v) is 7.28. The number of carbonyl (C=O) groups excluding carboxylic acids is 2. The zero-order valence-electron chi connectivity index (χ0n) is 18.3. The van der Waals surface area contributed by atoms with Crippen LogP contribution in [0.1, 0.15) is 53.8 Å². The van der Waals surface area contributed by atoms with Gasteiger partial charge in [-0.1, -0.05) is 23.7 Å². The highest BCUT2D eigenvalue weighted by atomic mass is 35.5. The zero-order chi connectivity index (χ0) is 22.5. The first-order valence-electron chi connectivity index (χ1n) is 11.1. The molecule has 1 aliphatic heterocycles. The normalized spacial score (nSPS) is 23.3. The Morgan fingerprint density at radius 1 is 1.19 bits per heavy atom. The summed E-state index contributed by atoms with van der Waals surface area (Å²) in [5.41, 5.74) is 3.30. The Bertz CT molecular complexity index is 1210. The molecule has 166 valence electrons. The van der Waals surface area contributed by atoms with Crippen LogP contribution < -0.4 is 10.2 Å². The Labute approximate surface area is 191 Å². The molecule has 0 atom stereocenters. The Balaban J connectivity index is 1.26. The van der Waals surface area contributed by atoms with Crippen molar-refractivity contribution in [3.63, 3.8) is 0 Å². The maximum absolute atomic E-state index is 13.3. The lowest BCUT2D eigenvalue weighted by atomic mass is 9.71. The van der Waals surface area contributed by atoms with Gasteiger partial charge in [0.05, 0.1) is 22.3 Å². The molecule has 2 aliphatic rings. The smallest absolute Gasteiger partial charge is 0.256 e. The van der Waals surface area contributed by atoms with E-state index in [-0.39, 0.29) is 23.3 Å². The lowest BCUT2D eigenvalue weighted by molar-refractivity contribution is -0.127. The summed E-state index contributed by atoms with van der Waals surface area (Å²) < 4.78 is 1.69. The van der Waals surface area contributed by atoms with Gasteiger partial charge in [-0.15, -0.1) is 0 Å². The molecule has 1 saturated carbocycles. The number of nitrogens with zero attached hydrogens (tertiary/aromatic N) is 4. The van der Waals surface area contributed by atoms with E-state index in [1.54, 1.807) is 10.7 Å². The Morgan fingerprint density at radius 3 is 2.69 bits per heavy atom. The number of benzene rings is 1. The van der Waals surface area contributed by atoms with Gasteiger partial charge in [-0.25, -0.2) is 9.50 Å². The molecule has 1 aliphatic carbocycles. The van der Waals surface area contributed by atoms with Crippen molar-refractivity contribution < 1.29 is 9.59 Å². The predicted molar refractivity (Wildman–Crippen MR) is 123 cm³/mol. The van der Waals surface area contributed by atoms with Crippen molar-refractivity contribution in [1.82, 2.24) is 19.9 Å². The van der Waals surface area contributed by atoms with Crippen molar-refractivity contribution >= 4 is 34.7 Å². The number of aryl methyl sites for hydroxylation is 2. The molecule has 3 heterocycles. The highest BCUT2D eigenvalue weighted by Gasteiger charge is 2.49. The molecule has 32 heavy (non-hydrogen) atoms. The van der Waals surface area contributed by atoms with E-state index in [0.29, 0.717) is 22.8 Å². The molecular formula is C24H26ClN5O2. The van der Waals surface area contributed by atoms with E-state index in [1.165, 1.54) is 0 Å². The minimum Gasteiger partial charge on any atom is -0.349 e. The quantitative estimate of drug-likeness (QED) is 0.650. The van der Waals surface area contributed by atoms with Crippen LogP contribution >= 0.6 is 11.6 Å². The van der Waals surface area contributed by atoms with Crippen molar-refractivity contribution in [3.8, 4) is 0 Å². The molecule has 2 fully saturated rings.